The first-order valence-corrected chi connectivity index (χ1v) is 7.32. The van der Waals surface area contributed by atoms with Gasteiger partial charge < -0.3 is 10.6 Å². The maximum absolute atomic E-state index is 12.5. The number of hydrogen-bond donors (Lipinski definition) is 2. The van der Waals surface area contributed by atoms with Crippen molar-refractivity contribution in [3.63, 3.8) is 0 Å². The molecule has 0 spiro atoms. The van der Waals surface area contributed by atoms with Crippen LogP contribution < -0.4 is 10.6 Å². The number of amides is 2. The summed E-state index contributed by atoms with van der Waals surface area (Å²) in [4.78, 5) is 24.9. The normalized spacial score (nSPS) is 14.4. The molecule has 1 fully saturated rings. The summed E-state index contributed by atoms with van der Waals surface area (Å²) in [6.07, 6.45) is 1.05. The number of nitrogens with zero attached hydrogens (tertiary/aromatic N) is 1. The average Bonchev–Trinajstić information content (AvgIpc) is 3.38. The number of hydrogen-bond acceptors (Lipinski definition) is 3. The van der Waals surface area contributed by atoms with E-state index in [1.165, 1.54) is 0 Å². The Morgan fingerprint density at radius 3 is 2.13 bits per heavy atom. The van der Waals surface area contributed by atoms with Gasteiger partial charge in [0.05, 0.1) is 11.6 Å². The van der Waals surface area contributed by atoms with Crippen molar-refractivity contribution >= 4 is 23.2 Å². The second-order valence-electron chi connectivity index (χ2n) is 5.55. The standard InChI is InChI=1S/C18H15N3O2/c19-12-13-5-4-8-15(11-13)21-17(23)18(9-10-18)16(22)20-14-6-2-1-3-7-14/h1-8,11H,9-10H2,(H,20,22)(H,21,23). The highest BCUT2D eigenvalue weighted by molar-refractivity contribution is 6.16. The van der Waals surface area contributed by atoms with E-state index >= 15 is 0 Å². The predicted octanol–water partition coefficient (Wildman–Crippen LogP) is 2.92. The number of nitrogens with one attached hydrogen (secondary N) is 2. The third kappa shape index (κ3) is 3.06. The first kappa shape index (κ1) is 14.8. The fourth-order valence-electron chi connectivity index (χ4n) is 2.37. The Hall–Kier alpha value is -3.13. The number of carbonyl (C=O) groups is 2. The summed E-state index contributed by atoms with van der Waals surface area (Å²) < 4.78 is 0. The molecule has 1 aliphatic rings. The van der Waals surface area contributed by atoms with Gasteiger partial charge in [0.25, 0.3) is 0 Å². The van der Waals surface area contributed by atoms with E-state index in [0.717, 1.165) is 0 Å². The first-order valence-electron chi connectivity index (χ1n) is 7.32. The van der Waals surface area contributed by atoms with Crippen LogP contribution in [0.4, 0.5) is 11.4 Å². The van der Waals surface area contributed by atoms with Crippen molar-refractivity contribution in [2.45, 2.75) is 12.8 Å². The van der Waals surface area contributed by atoms with E-state index in [1.807, 2.05) is 24.3 Å². The lowest BCUT2D eigenvalue weighted by molar-refractivity contribution is -0.131. The molecule has 0 atom stereocenters. The van der Waals surface area contributed by atoms with Gasteiger partial charge in [-0.25, -0.2) is 0 Å². The van der Waals surface area contributed by atoms with Gasteiger partial charge in [-0.2, -0.15) is 5.26 Å². The minimum absolute atomic E-state index is 0.294. The number of nitriles is 1. The molecule has 114 valence electrons. The molecule has 1 aliphatic carbocycles. The molecule has 0 unspecified atom stereocenters. The van der Waals surface area contributed by atoms with Gasteiger partial charge in [0.1, 0.15) is 5.41 Å². The molecule has 0 radical (unpaired) electrons. The van der Waals surface area contributed by atoms with Gasteiger partial charge in [-0.05, 0) is 43.2 Å². The van der Waals surface area contributed by atoms with E-state index in [4.69, 9.17) is 5.26 Å². The van der Waals surface area contributed by atoms with E-state index < -0.39 is 5.41 Å². The van der Waals surface area contributed by atoms with Gasteiger partial charge in [-0.1, -0.05) is 24.3 Å². The monoisotopic (exact) mass is 305 g/mol. The van der Waals surface area contributed by atoms with Crippen LogP contribution in [0.1, 0.15) is 18.4 Å². The van der Waals surface area contributed by atoms with Crippen molar-refractivity contribution < 1.29 is 9.59 Å². The van der Waals surface area contributed by atoms with Crippen LogP contribution in [0.5, 0.6) is 0 Å². The number of rotatable bonds is 4. The van der Waals surface area contributed by atoms with Gasteiger partial charge in [0, 0.05) is 11.4 Å². The second-order valence-corrected chi connectivity index (χ2v) is 5.55. The van der Waals surface area contributed by atoms with E-state index in [9.17, 15) is 9.59 Å². The molecular weight excluding hydrogens is 290 g/mol. The summed E-state index contributed by atoms with van der Waals surface area (Å²) in [6.45, 7) is 0. The fourth-order valence-corrected chi connectivity index (χ4v) is 2.37. The lowest BCUT2D eigenvalue weighted by Crippen LogP contribution is -2.35. The number of carbonyl (C=O) groups excluding carboxylic acids is 2. The zero-order valence-corrected chi connectivity index (χ0v) is 12.4. The van der Waals surface area contributed by atoms with Crippen molar-refractivity contribution in [2.24, 2.45) is 5.41 Å². The highest BCUT2D eigenvalue weighted by atomic mass is 16.2. The molecule has 0 aromatic heterocycles. The minimum atomic E-state index is -1.02. The number of para-hydroxylation sites is 1. The molecule has 3 rings (SSSR count). The molecule has 2 amide bonds. The molecule has 0 bridgehead atoms. The molecule has 23 heavy (non-hydrogen) atoms. The molecule has 5 heteroatoms. The van der Waals surface area contributed by atoms with Crippen LogP contribution in [0.25, 0.3) is 0 Å². The third-order valence-electron chi connectivity index (χ3n) is 3.90. The molecule has 2 aromatic carbocycles. The zero-order chi connectivity index (χ0) is 16.3. The Labute approximate surface area is 133 Å². The van der Waals surface area contributed by atoms with Crippen LogP contribution in [-0.4, -0.2) is 11.8 Å². The van der Waals surface area contributed by atoms with Crippen molar-refractivity contribution in [1.29, 1.82) is 5.26 Å². The summed E-state index contributed by atoms with van der Waals surface area (Å²) in [5.74, 6) is -0.626. The van der Waals surface area contributed by atoms with E-state index in [2.05, 4.69) is 10.6 Å². The number of anilines is 2. The van der Waals surface area contributed by atoms with Gasteiger partial charge in [-0.3, -0.25) is 9.59 Å². The quantitative estimate of drug-likeness (QED) is 0.852. The molecule has 1 saturated carbocycles. The van der Waals surface area contributed by atoms with Gasteiger partial charge in [0.15, 0.2) is 0 Å². The topological polar surface area (TPSA) is 82.0 Å². The Morgan fingerprint density at radius 1 is 0.913 bits per heavy atom. The van der Waals surface area contributed by atoms with Crippen molar-refractivity contribution in [3.8, 4) is 6.07 Å². The van der Waals surface area contributed by atoms with E-state index in [-0.39, 0.29) is 11.8 Å². The number of benzene rings is 2. The van der Waals surface area contributed by atoms with Gasteiger partial charge >= 0.3 is 0 Å². The lowest BCUT2D eigenvalue weighted by Gasteiger charge is -2.15. The summed E-state index contributed by atoms with van der Waals surface area (Å²) in [7, 11) is 0. The van der Waals surface area contributed by atoms with Crippen LogP contribution in [0, 0.1) is 16.7 Å². The SMILES string of the molecule is N#Cc1cccc(NC(=O)C2(C(=O)Nc3ccccc3)CC2)c1. The molecule has 5 nitrogen and oxygen atoms in total. The molecule has 0 heterocycles. The summed E-state index contributed by atoms with van der Waals surface area (Å²) in [5.41, 5.74) is 0.635. The van der Waals surface area contributed by atoms with Crippen LogP contribution in [0.3, 0.4) is 0 Å². The Kier molecular flexibility index (Phi) is 3.82. The highest BCUT2D eigenvalue weighted by Crippen LogP contribution is 2.47. The lowest BCUT2D eigenvalue weighted by atomic mass is 10.0. The fraction of sp³-hybridized carbons (Fsp3) is 0.167. The van der Waals surface area contributed by atoms with Crippen LogP contribution in [0.15, 0.2) is 54.6 Å². The molecule has 2 aromatic rings. The maximum atomic E-state index is 12.5. The maximum Gasteiger partial charge on any atom is 0.240 e. The Bertz CT molecular complexity index is 789. The molecular formula is C18H15N3O2. The first-order chi connectivity index (χ1) is 11.1. The minimum Gasteiger partial charge on any atom is -0.325 e. The van der Waals surface area contributed by atoms with E-state index in [0.29, 0.717) is 29.8 Å². The molecule has 0 aliphatic heterocycles. The molecule has 0 saturated heterocycles. The van der Waals surface area contributed by atoms with Gasteiger partial charge in [-0.15, -0.1) is 0 Å². The Balaban J connectivity index is 1.71. The smallest absolute Gasteiger partial charge is 0.240 e. The van der Waals surface area contributed by atoms with Crippen LogP contribution >= 0.6 is 0 Å². The van der Waals surface area contributed by atoms with Crippen molar-refractivity contribution in [1.82, 2.24) is 0 Å². The molecule has 2 N–H and O–H groups in total. The van der Waals surface area contributed by atoms with Crippen LogP contribution in [0.2, 0.25) is 0 Å². The largest absolute Gasteiger partial charge is 0.325 e. The summed E-state index contributed by atoms with van der Waals surface area (Å²) in [5, 5.41) is 14.4. The third-order valence-corrected chi connectivity index (χ3v) is 3.90. The van der Waals surface area contributed by atoms with Crippen molar-refractivity contribution in [2.75, 3.05) is 10.6 Å². The predicted molar refractivity (Wildman–Crippen MR) is 86.5 cm³/mol. The zero-order valence-electron chi connectivity index (χ0n) is 12.4. The summed E-state index contributed by atoms with van der Waals surface area (Å²) in [6, 6.07) is 17.7. The van der Waals surface area contributed by atoms with Crippen molar-refractivity contribution in [3.05, 3.63) is 60.2 Å². The highest BCUT2D eigenvalue weighted by Gasteiger charge is 2.56. The van der Waals surface area contributed by atoms with E-state index in [1.54, 1.807) is 36.4 Å². The summed E-state index contributed by atoms with van der Waals surface area (Å²) >= 11 is 0. The Morgan fingerprint density at radius 2 is 1.52 bits per heavy atom. The van der Waals surface area contributed by atoms with Gasteiger partial charge in [0.2, 0.25) is 11.8 Å². The second kappa shape index (κ2) is 5.93. The van der Waals surface area contributed by atoms with Crippen LogP contribution in [-0.2, 0) is 9.59 Å². The average molecular weight is 305 g/mol.